The normalized spacial score (nSPS) is 15.3. The molecule has 0 aliphatic rings. The lowest BCUT2D eigenvalue weighted by Crippen LogP contribution is -2.59. The Morgan fingerprint density at radius 3 is 1.44 bits per heavy atom. The van der Waals surface area contributed by atoms with Gasteiger partial charge in [-0.2, -0.15) is 0 Å². The van der Waals surface area contributed by atoms with Crippen LogP contribution < -0.4 is 0 Å². The first kappa shape index (κ1) is 9.39. The summed E-state index contributed by atoms with van der Waals surface area (Å²) in [6.07, 6.45) is 0. The second-order valence-electron chi connectivity index (χ2n) is 4.17. The van der Waals surface area contributed by atoms with Crippen molar-refractivity contribution < 1.29 is 3.81 Å². The highest BCUT2D eigenvalue weighted by Crippen LogP contribution is 2.12. The van der Waals surface area contributed by atoms with Gasteiger partial charge in [-0.3, -0.25) is 0 Å². The molecule has 0 aromatic rings. The van der Waals surface area contributed by atoms with Gasteiger partial charge in [0.15, 0.2) is 0 Å². The highest BCUT2D eigenvalue weighted by molar-refractivity contribution is 6.72. The fraction of sp³-hybridized carbons (Fsp3) is 1.00. The molecule has 0 aromatic heterocycles. The summed E-state index contributed by atoms with van der Waals surface area (Å²) >= 11 is 0. The van der Waals surface area contributed by atoms with Gasteiger partial charge in [-0.05, 0) is 26.2 Å². The lowest BCUT2D eigenvalue weighted by atomic mass is 11.2. The van der Waals surface area contributed by atoms with Crippen molar-refractivity contribution in [2.75, 3.05) is 14.1 Å². The van der Waals surface area contributed by atoms with E-state index in [9.17, 15) is 0 Å². The molecule has 0 aromatic carbocycles. The average molecular weight is 162 g/mol. The van der Waals surface area contributed by atoms with Gasteiger partial charge in [0.1, 0.15) is 0 Å². The maximum atomic E-state index is 2.45. The van der Waals surface area contributed by atoms with Crippen LogP contribution in [-0.4, -0.2) is 35.8 Å². The van der Waals surface area contributed by atoms with Crippen LogP contribution in [-0.2, 0) is 0 Å². The van der Waals surface area contributed by atoms with E-state index in [2.05, 4.69) is 40.3 Å². The molecule has 0 rings (SSSR count). The predicted molar refractivity (Wildman–Crippen MR) is 49.9 cm³/mol. The van der Waals surface area contributed by atoms with E-state index in [0.29, 0.717) is 0 Å². The zero-order valence-electron chi connectivity index (χ0n) is 7.65. The summed E-state index contributed by atoms with van der Waals surface area (Å²) < 4.78 is 1.37. The molecule has 0 atom stereocenters. The summed E-state index contributed by atoms with van der Waals surface area (Å²) in [7, 11) is 4.03. The molecule has 0 unspecified atom stereocenters. The van der Waals surface area contributed by atoms with Gasteiger partial charge in [0.25, 0.3) is 8.24 Å². The lowest BCUT2D eigenvalue weighted by molar-refractivity contribution is -0.668. The van der Waals surface area contributed by atoms with Gasteiger partial charge in [0, 0.05) is 14.1 Å². The lowest BCUT2D eigenvalue weighted by Gasteiger charge is -2.42. The third-order valence-electron chi connectivity index (χ3n) is 2.61. The van der Waals surface area contributed by atoms with E-state index in [0.717, 1.165) is 0 Å². The van der Waals surface area contributed by atoms with Crippen molar-refractivity contribution in [3.8, 4) is 0 Å². The molecule has 0 N–H and O–H groups in total. The Morgan fingerprint density at radius 1 is 1.11 bits per heavy atom. The Hall–Kier alpha value is 0.394. The first-order valence-corrected chi connectivity index (χ1v) is 9.14. The third kappa shape index (κ3) is 2.23. The van der Waals surface area contributed by atoms with Gasteiger partial charge >= 0.3 is 0 Å². The molecule has 0 fully saturated rings. The van der Waals surface area contributed by atoms with Crippen LogP contribution in [0, 0.1) is 0 Å². The largest absolute Gasteiger partial charge is 0.455 e. The third-order valence-corrected chi connectivity index (χ3v) is 11.6. The number of nitrogens with zero attached hydrogens (tertiary/aromatic N) is 1. The van der Waals surface area contributed by atoms with E-state index in [1.165, 1.54) is 3.81 Å². The number of rotatable bonds is 2. The fourth-order valence-corrected chi connectivity index (χ4v) is 4.27. The first-order valence-electron chi connectivity index (χ1n) is 3.64. The van der Waals surface area contributed by atoms with Crippen LogP contribution in [0.2, 0.25) is 26.2 Å². The minimum atomic E-state index is -0.886. The topological polar surface area (TPSA) is 0 Å². The molecule has 0 aliphatic heterocycles. The Balaban J connectivity index is 4.14. The monoisotopic (exact) mass is 162 g/mol. The van der Waals surface area contributed by atoms with Crippen molar-refractivity contribution in [3.63, 3.8) is 0 Å². The summed E-state index contributed by atoms with van der Waals surface area (Å²) in [5, 5.41) is 0. The molecule has 0 bridgehead atoms. The summed E-state index contributed by atoms with van der Waals surface area (Å²) in [6, 6.07) is 0. The summed E-state index contributed by atoms with van der Waals surface area (Å²) in [4.78, 5) is 0. The minimum absolute atomic E-state index is 0.137. The van der Waals surface area contributed by atoms with E-state index >= 15 is 0 Å². The zero-order valence-corrected chi connectivity index (χ0v) is 10.1. The van der Waals surface area contributed by atoms with Crippen molar-refractivity contribution in [2.45, 2.75) is 26.2 Å². The van der Waals surface area contributed by atoms with E-state index in [1.54, 1.807) is 0 Å². The highest BCUT2D eigenvalue weighted by Gasteiger charge is 2.32. The van der Waals surface area contributed by atoms with Crippen molar-refractivity contribution >= 4 is 17.9 Å². The zero-order chi connectivity index (χ0) is 7.71. The average Bonchev–Trinajstić information content (AvgIpc) is 1.64. The van der Waals surface area contributed by atoms with Crippen molar-refractivity contribution in [1.29, 1.82) is 0 Å². The quantitative estimate of drug-likeness (QED) is 0.532. The number of quaternary nitrogens is 1. The van der Waals surface area contributed by atoms with Gasteiger partial charge in [-0.1, -0.05) is 0 Å². The van der Waals surface area contributed by atoms with E-state index in [-0.39, 0.29) is 9.68 Å². The van der Waals surface area contributed by atoms with Gasteiger partial charge in [-0.15, -0.1) is 0 Å². The van der Waals surface area contributed by atoms with Crippen molar-refractivity contribution in [2.24, 2.45) is 0 Å². The number of hydrogen-bond donors (Lipinski definition) is 0. The standard InChI is InChI=1S/C6H20NSi2/c1-7(2,8-3)9(4,5)6/h8H2,1-6H3/q+1. The minimum Gasteiger partial charge on any atom is -0.455 e. The van der Waals surface area contributed by atoms with E-state index in [1.807, 2.05) is 0 Å². The van der Waals surface area contributed by atoms with E-state index < -0.39 is 8.24 Å². The summed E-state index contributed by atoms with van der Waals surface area (Å²) in [5.74, 6) is 0. The van der Waals surface area contributed by atoms with Crippen LogP contribution in [0.15, 0.2) is 0 Å². The van der Waals surface area contributed by atoms with Crippen molar-refractivity contribution in [3.05, 3.63) is 0 Å². The molecule has 3 heteroatoms. The second-order valence-corrected chi connectivity index (χ2v) is 12.6. The van der Waals surface area contributed by atoms with Crippen LogP contribution >= 0.6 is 0 Å². The molecule has 0 radical (unpaired) electrons. The number of hydrogen-bond acceptors (Lipinski definition) is 0. The van der Waals surface area contributed by atoms with Gasteiger partial charge in [0.05, 0.1) is 0 Å². The fourth-order valence-electron chi connectivity index (χ4n) is 0.474. The maximum absolute atomic E-state index is 2.45. The molecule has 0 saturated carbocycles. The molecular weight excluding hydrogens is 142 g/mol. The smallest absolute Gasteiger partial charge is 0.258 e. The molecule has 56 valence electrons. The molecule has 0 heterocycles. The van der Waals surface area contributed by atoms with Gasteiger partial charge in [-0.25, -0.2) is 0 Å². The Labute approximate surface area is 62.6 Å². The molecule has 0 spiro atoms. The highest BCUT2D eigenvalue weighted by atomic mass is 28.4. The van der Waals surface area contributed by atoms with Crippen LogP contribution in [0.3, 0.4) is 0 Å². The van der Waals surface area contributed by atoms with Gasteiger partial charge in [0.2, 0.25) is 9.68 Å². The molecule has 0 amide bonds. The predicted octanol–water partition coefficient (Wildman–Crippen LogP) is 1.03. The molecule has 1 nitrogen and oxygen atoms in total. The van der Waals surface area contributed by atoms with Crippen LogP contribution in [0.1, 0.15) is 0 Å². The van der Waals surface area contributed by atoms with E-state index in [4.69, 9.17) is 0 Å². The molecule has 0 aliphatic carbocycles. The Kier molecular flexibility index (Phi) is 2.67. The molecule has 9 heavy (non-hydrogen) atoms. The van der Waals surface area contributed by atoms with Crippen LogP contribution in [0.25, 0.3) is 0 Å². The maximum Gasteiger partial charge on any atom is 0.258 e. The van der Waals surface area contributed by atoms with Gasteiger partial charge < -0.3 is 3.81 Å². The molecule has 0 saturated heterocycles. The Morgan fingerprint density at radius 2 is 1.44 bits per heavy atom. The summed E-state index contributed by atoms with van der Waals surface area (Å²) in [6.45, 7) is 9.74. The van der Waals surface area contributed by atoms with Crippen LogP contribution in [0.4, 0.5) is 0 Å². The summed E-state index contributed by atoms with van der Waals surface area (Å²) in [5.41, 5.74) is 0. The second kappa shape index (κ2) is 2.56. The first-order chi connectivity index (χ1) is 3.81. The van der Waals surface area contributed by atoms with Crippen LogP contribution in [0.5, 0.6) is 0 Å². The SMILES string of the molecule is C[SiH2][N+](C)(C)[Si](C)(C)C. The Bertz CT molecular complexity index is 93.7. The molecular formula is C6H20NSi2+. The van der Waals surface area contributed by atoms with Crippen molar-refractivity contribution in [1.82, 2.24) is 0 Å².